The van der Waals surface area contributed by atoms with Crippen LogP contribution in [-0.2, 0) is 4.74 Å². The maximum Gasteiger partial charge on any atom is 0.285 e. The molecule has 24 heavy (non-hydrogen) atoms. The fourth-order valence-electron chi connectivity index (χ4n) is 4.01. The van der Waals surface area contributed by atoms with Crippen molar-refractivity contribution in [3.05, 3.63) is 0 Å². The van der Waals surface area contributed by atoms with Crippen molar-refractivity contribution < 1.29 is 4.74 Å². The summed E-state index contributed by atoms with van der Waals surface area (Å²) in [5.41, 5.74) is 0. The van der Waals surface area contributed by atoms with Crippen LogP contribution in [0.25, 0.3) is 0 Å². The molecule has 2 saturated carbocycles. The van der Waals surface area contributed by atoms with Crippen LogP contribution in [0.1, 0.15) is 110 Å². The summed E-state index contributed by atoms with van der Waals surface area (Å²) < 4.78 is 6.28. The number of amidine groups is 1. The van der Waals surface area contributed by atoms with Crippen molar-refractivity contribution in [3.63, 3.8) is 0 Å². The molecule has 0 aliphatic heterocycles. The number of rotatable bonds is 8. The van der Waals surface area contributed by atoms with E-state index in [1.165, 1.54) is 89.9 Å². The molecule has 1 atom stereocenters. The Hall–Kier alpha value is -0.730. The molecule has 0 aromatic heterocycles. The summed E-state index contributed by atoms with van der Waals surface area (Å²) in [5, 5.41) is 3.66. The van der Waals surface area contributed by atoms with Crippen LogP contribution < -0.4 is 5.32 Å². The van der Waals surface area contributed by atoms with Gasteiger partial charge in [-0.2, -0.15) is 0 Å². The first-order valence-electron chi connectivity index (χ1n) is 10.8. The zero-order chi connectivity index (χ0) is 17.0. The minimum Gasteiger partial charge on any atom is -0.462 e. The molecule has 0 heterocycles. The molecule has 0 bridgehead atoms. The molecule has 3 nitrogen and oxygen atoms in total. The fraction of sp³-hybridized carbons (Fsp3) is 0.952. The van der Waals surface area contributed by atoms with Gasteiger partial charge in [-0.15, -0.1) is 0 Å². The maximum absolute atomic E-state index is 6.28. The SMILES string of the molecule is CCCCCCC(C)OC(=NC1CCCCC1)NC1CCCCC1. The highest BCUT2D eigenvalue weighted by Gasteiger charge is 2.19. The molecule has 2 aliphatic carbocycles. The standard InChI is InChI=1S/C21H40N2O/c1-3-4-5-8-13-18(2)24-21(22-19-14-9-6-10-15-19)23-20-16-11-7-12-17-20/h18-20H,3-17H2,1-2H3,(H,22,23). The van der Waals surface area contributed by atoms with Crippen LogP contribution in [0.5, 0.6) is 0 Å². The Morgan fingerprint density at radius 2 is 1.62 bits per heavy atom. The Labute approximate surface area is 150 Å². The smallest absolute Gasteiger partial charge is 0.285 e. The molecule has 0 spiro atoms. The summed E-state index contributed by atoms with van der Waals surface area (Å²) in [6.07, 6.45) is 19.8. The first-order chi connectivity index (χ1) is 11.8. The third-order valence-electron chi connectivity index (χ3n) is 5.58. The number of ether oxygens (including phenoxy) is 1. The van der Waals surface area contributed by atoms with Gasteiger partial charge >= 0.3 is 0 Å². The van der Waals surface area contributed by atoms with E-state index < -0.39 is 0 Å². The van der Waals surface area contributed by atoms with Crippen LogP contribution in [0, 0.1) is 0 Å². The van der Waals surface area contributed by atoms with Crippen molar-refractivity contribution in [2.24, 2.45) is 4.99 Å². The summed E-state index contributed by atoms with van der Waals surface area (Å²) in [6.45, 7) is 4.48. The predicted octanol–water partition coefficient (Wildman–Crippen LogP) is 5.97. The van der Waals surface area contributed by atoms with Crippen LogP contribution in [0.2, 0.25) is 0 Å². The summed E-state index contributed by atoms with van der Waals surface area (Å²) in [4.78, 5) is 5.00. The van der Waals surface area contributed by atoms with Crippen LogP contribution >= 0.6 is 0 Å². The zero-order valence-electron chi connectivity index (χ0n) is 16.2. The largest absolute Gasteiger partial charge is 0.462 e. The van der Waals surface area contributed by atoms with Gasteiger partial charge in [-0.05, 0) is 45.4 Å². The van der Waals surface area contributed by atoms with Gasteiger partial charge in [0.25, 0.3) is 6.02 Å². The van der Waals surface area contributed by atoms with E-state index in [1.807, 2.05) is 0 Å². The van der Waals surface area contributed by atoms with Gasteiger partial charge < -0.3 is 10.1 Å². The molecule has 0 radical (unpaired) electrons. The monoisotopic (exact) mass is 336 g/mol. The van der Waals surface area contributed by atoms with E-state index in [-0.39, 0.29) is 6.10 Å². The number of hydrogen-bond acceptors (Lipinski definition) is 2. The van der Waals surface area contributed by atoms with Gasteiger partial charge in [0.05, 0.1) is 12.1 Å². The highest BCUT2D eigenvalue weighted by atomic mass is 16.5. The van der Waals surface area contributed by atoms with Gasteiger partial charge in [0, 0.05) is 6.04 Å². The average Bonchev–Trinajstić information content (AvgIpc) is 2.60. The van der Waals surface area contributed by atoms with Crippen molar-refractivity contribution in [1.29, 1.82) is 0 Å². The lowest BCUT2D eigenvalue weighted by atomic mass is 9.95. The molecule has 2 rings (SSSR count). The summed E-state index contributed by atoms with van der Waals surface area (Å²) in [5.74, 6) is 0. The summed E-state index contributed by atoms with van der Waals surface area (Å²) in [7, 11) is 0. The average molecular weight is 337 g/mol. The molecular formula is C21H40N2O. The van der Waals surface area contributed by atoms with Crippen LogP contribution in [0.15, 0.2) is 4.99 Å². The van der Waals surface area contributed by atoms with E-state index in [2.05, 4.69) is 19.2 Å². The normalized spacial score (nSPS) is 22.3. The van der Waals surface area contributed by atoms with E-state index in [0.717, 1.165) is 12.4 Å². The molecule has 0 saturated heterocycles. The molecular weight excluding hydrogens is 296 g/mol. The molecule has 2 aliphatic rings. The quantitative estimate of drug-likeness (QED) is 0.336. The lowest BCUT2D eigenvalue weighted by Crippen LogP contribution is -2.40. The van der Waals surface area contributed by atoms with Gasteiger partial charge in [0.15, 0.2) is 0 Å². The molecule has 2 fully saturated rings. The number of nitrogens with one attached hydrogen (secondary N) is 1. The van der Waals surface area contributed by atoms with Crippen molar-refractivity contribution in [3.8, 4) is 0 Å². The Morgan fingerprint density at radius 1 is 0.958 bits per heavy atom. The van der Waals surface area contributed by atoms with Crippen LogP contribution in [0.3, 0.4) is 0 Å². The highest BCUT2D eigenvalue weighted by Crippen LogP contribution is 2.22. The Morgan fingerprint density at radius 3 is 2.29 bits per heavy atom. The minimum absolute atomic E-state index is 0.278. The van der Waals surface area contributed by atoms with E-state index >= 15 is 0 Å². The molecule has 0 amide bonds. The summed E-state index contributed by atoms with van der Waals surface area (Å²) in [6, 6.07) is 1.92. The lowest BCUT2D eigenvalue weighted by molar-refractivity contribution is 0.175. The van der Waals surface area contributed by atoms with Gasteiger partial charge in [0.2, 0.25) is 0 Å². The first-order valence-corrected chi connectivity index (χ1v) is 10.8. The van der Waals surface area contributed by atoms with Crippen molar-refractivity contribution in [1.82, 2.24) is 5.32 Å². The van der Waals surface area contributed by atoms with Gasteiger partial charge in [0.1, 0.15) is 0 Å². The number of nitrogens with zero attached hydrogens (tertiary/aromatic N) is 1. The van der Waals surface area contributed by atoms with Gasteiger partial charge in [-0.3, -0.25) is 0 Å². The minimum atomic E-state index is 0.278. The lowest BCUT2D eigenvalue weighted by Gasteiger charge is -2.27. The third kappa shape index (κ3) is 7.90. The molecule has 0 aromatic rings. The second-order valence-corrected chi connectivity index (χ2v) is 7.98. The van der Waals surface area contributed by atoms with Gasteiger partial charge in [-0.25, -0.2) is 4.99 Å². The topological polar surface area (TPSA) is 33.6 Å². The van der Waals surface area contributed by atoms with Crippen LogP contribution in [-0.4, -0.2) is 24.2 Å². The fourth-order valence-corrected chi connectivity index (χ4v) is 4.01. The predicted molar refractivity (Wildman–Crippen MR) is 104 cm³/mol. The van der Waals surface area contributed by atoms with Crippen molar-refractivity contribution >= 4 is 6.02 Å². The Balaban J connectivity index is 1.84. The van der Waals surface area contributed by atoms with E-state index in [4.69, 9.17) is 9.73 Å². The van der Waals surface area contributed by atoms with Crippen molar-refractivity contribution in [2.75, 3.05) is 0 Å². The first kappa shape index (κ1) is 19.6. The number of unbranched alkanes of at least 4 members (excludes halogenated alkanes) is 3. The summed E-state index contributed by atoms with van der Waals surface area (Å²) >= 11 is 0. The molecule has 0 aromatic carbocycles. The molecule has 3 heteroatoms. The van der Waals surface area contributed by atoms with Gasteiger partial charge in [-0.1, -0.05) is 64.7 Å². The number of aliphatic imine (C=N–C) groups is 1. The Kier molecular flexibility index (Phi) is 9.60. The van der Waals surface area contributed by atoms with Crippen LogP contribution in [0.4, 0.5) is 0 Å². The molecule has 1 unspecified atom stereocenters. The van der Waals surface area contributed by atoms with E-state index in [1.54, 1.807) is 0 Å². The third-order valence-corrected chi connectivity index (χ3v) is 5.58. The second-order valence-electron chi connectivity index (χ2n) is 7.98. The Bertz CT molecular complexity index is 344. The van der Waals surface area contributed by atoms with Crippen molar-refractivity contribution in [2.45, 2.75) is 128 Å². The number of hydrogen-bond donors (Lipinski definition) is 1. The van der Waals surface area contributed by atoms with E-state index in [0.29, 0.717) is 12.1 Å². The second kappa shape index (κ2) is 11.8. The molecule has 1 N–H and O–H groups in total. The van der Waals surface area contributed by atoms with E-state index in [9.17, 15) is 0 Å². The highest BCUT2D eigenvalue weighted by molar-refractivity contribution is 5.74. The zero-order valence-corrected chi connectivity index (χ0v) is 16.2. The maximum atomic E-state index is 6.28. The molecule has 140 valence electrons.